The van der Waals surface area contributed by atoms with E-state index in [1.165, 1.54) is 0 Å². The molecule has 1 fully saturated rings. The molecule has 0 aromatic heterocycles. The summed E-state index contributed by atoms with van der Waals surface area (Å²) in [6.07, 6.45) is -11.3. The summed E-state index contributed by atoms with van der Waals surface area (Å²) in [5.74, 6) is -7.24. The van der Waals surface area contributed by atoms with Gasteiger partial charge >= 0.3 is 18.3 Å². The van der Waals surface area contributed by atoms with Gasteiger partial charge in [-0.2, -0.15) is 26.3 Å². The molecular weight excluding hydrogens is 313 g/mol. The van der Waals surface area contributed by atoms with Crippen LogP contribution in [0, 0.1) is 17.3 Å². The van der Waals surface area contributed by atoms with Gasteiger partial charge in [0, 0.05) is 5.92 Å². The highest BCUT2D eigenvalue weighted by Gasteiger charge is 2.91. The van der Waals surface area contributed by atoms with Crippen LogP contribution in [0.1, 0.15) is 0 Å². The van der Waals surface area contributed by atoms with Crippen LogP contribution in [-0.4, -0.2) is 23.4 Å². The minimum absolute atomic E-state index is 0.253. The molecule has 104 valence electrons. The minimum atomic E-state index is -5.77. The standard InChI is InChI=1S/C8H4Cl2F6O2/c9-3(10)1-2-4(5(17)18)6(2,7(11,12)13)8(14,15)16/h1-2,4H,(H,17,18). The van der Waals surface area contributed by atoms with Gasteiger partial charge in [0.1, 0.15) is 4.49 Å². The topological polar surface area (TPSA) is 37.3 Å². The van der Waals surface area contributed by atoms with Crippen molar-refractivity contribution in [3.63, 3.8) is 0 Å². The van der Waals surface area contributed by atoms with Gasteiger partial charge in [-0.3, -0.25) is 4.79 Å². The van der Waals surface area contributed by atoms with Crippen molar-refractivity contribution < 1.29 is 36.2 Å². The van der Waals surface area contributed by atoms with Crippen LogP contribution >= 0.6 is 23.2 Å². The van der Waals surface area contributed by atoms with E-state index < -0.39 is 40.1 Å². The van der Waals surface area contributed by atoms with Gasteiger partial charge in [-0.25, -0.2) is 0 Å². The number of hydrogen-bond donors (Lipinski definition) is 1. The van der Waals surface area contributed by atoms with Crippen LogP contribution in [0.3, 0.4) is 0 Å². The average molecular weight is 317 g/mol. The second kappa shape index (κ2) is 4.19. The Balaban J connectivity index is 3.37. The summed E-state index contributed by atoms with van der Waals surface area (Å²) in [5.41, 5.74) is -4.33. The van der Waals surface area contributed by atoms with Gasteiger partial charge in [0.05, 0.1) is 5.92 Å². The van der Waals surface area contributed by atoms with E-state index in [9.17, 15) is 31.1 Å². The molecule has 0 aromatic rings. The summed E-state index contributed by atoms with van der Waals surface area (Å²) in [4.78, 5) is 10.5. The molecule has 2 unspecified atom stereocenters. The number of rotatable bonds is 2. The highest BCUT2D eigenvalue weighted by Crippen LogP contribution is 2.74. The maximum atomic E-state index is 12.6. The van der Waals surface area contributed by atoms with E-state index in [0.717, 1.165) is 0 Å². The zero-order valence-corrected chi connectivity index (χ0v) is 9.62. The molecule has 2 atom stereocenters. The molecule has 0 spiro atoms. The molecule has 1 saturated carbocycles. The fourth-order valence-electron chi connectivity index (χ4n) is 2.02. The molecule has 0 bridgehead atoms. The predicted octanol–water partition coefficient (Wildman–Crippen LogP) is 3.75. The molecule has 0 saturated heterocycles. The van der Waals surface area contributed by atoms with Gasteiger partial charge in [0.15, 0.2) is 5.41 Å². The first-order chi connectivity index (χ1) is 7.87. The van der Waals surface area contributed by atoms with Crippen LogP contribution in [0.5, 0.6) is 0 Å². The monoisotopic (exact) mass is 316 g/mol. The summed E-state index contributed by atoms with van der Waals surface area (Å²) in [5, 5.41) is 8.48. The van der Waals surface area contributed by atoms with Crippen LogP contribution < -0.4 is 0 Å². The Labute approximate surface area is 106 Å². The zero-order valence-electron chi connectivity index (χ0n) is 8.11. The van der Waals surface area contributed by atoms with Crippen molar-refractivity contribution in [2.45, 2.75) is 12.4 Å². The summed E-state index contributed by atoms with van der Waals surface area (Å²) < 4.78 is 74.8. The van der Waals surface area contributed by atoms with Crippen molar-refractivity contribution >= 4 is 29.2 Å². The highest BCUT2D eigenvalue weighted by molar-refractivity contribution is 6.55. The molecule has 0 aromatic carbocycles. The molecular formula is C8H4Cl2F6O2. The Bertz CT molecular complexity index is 381. The molecule has 0 radical (unpaired) electrons. The van der Waals surface area contributed by atoms with Crippen molar-refractivity contribution in [3.05, 3.63) is 10.6 Å². The Morgan fingerprint density at radius 2 is 1.50 bits per heavy atom. The van der Waals surface area contributed by atoms with Gasteiger partial charge < -0.3 is 5.11 Å². The number of hydrogen-bond acceptors (Lipinski definition) is 1. The molecule has 0 aliphatic heterocycles. The Morgan fingerprint density at radius 3 is 1.67 bits per heavy atom. The fraction of sp³-hybridized carbons (Fsp3) is 0.625. The third kappa shape index (κ3) is 2.05. The summed E-state index contributed by atoms with van der Waals surface area (Å²) in [6, 6.07) is 0. The lowest BCUT2D eigenvalue weighted by Crippen LogP contribution is -2.42. The minimum Gasteiger partial charge on any atom is -0.481 e. The van der Waals surface area contributed by atoms with Crippen LogP contribution in [-0.2, 0) is 4.79 Å². The number of carboxylic acids is 1. The Morgan fingerprint density at radius 1 is 1.11 bits per heavy atom. The van der Waals surface area contributed by atoms with Crippen LogP contribution in [0.4, 0.5) is 26.3 Å². The van der Waals surface area contributed by atoms with E-state index in [0.29, 0.717) is 0 Å². The Hall–Kier alpha value is -0.630. The lowest BCUT2D eigenvalue weighted by Gasteiger charge is -2.23. The maximum Gasteiger partial charge on any atom is 0.404 e. The largest absolute Gasteiger partial charge is 0.481 e. The summed E-state index contributed by atoms with van der Waals surface area (Å²) in [7, 11) is 0. The number of alkyl halides is 6. The van der Waals surface area contributed by atoms with E-state index in [2.05, 4.69) is 0 Å². The van der Waals surface area contributed by atoms with Crippen molar-refractivity contribution in [2.75, 3.05) is 0 Å². The van der Waals surface area contributed by atoms with E-state index in [1.54, 1.807) is 0 Å². The molecule has 1 aliphatic carbocycles. The molecule has 2 nitrogen and oxygen atoms in total. The quantitative estimate of drug-likeness (QED) is 0.788. The number of carboxylic acid groups (broad SMARTS) is 1. The number of aliphatic carboxylic acids is 1. The first-order valence-corrected chi connectivity index (χ1v) is 5.02. The van der Waals surface area contributed by atoms with Crippen LogP contribution in [0.15, 0.2) is 10.6 Å². The Kier molecular flexibility index (Phi) is 3.59. The highest BCUT2D eigenvalue weighted by atomic mass is 35.5. The zero-order chi connectivity index (χ0) is 14.5. The van der Waals surface area contributed by atoms with Gasteiger partial charge in [0.2, 0.25) is 0 Å². The third-order valence-electron chi connectivity index (χ3n) is 2.78. The van der Waals surface area contributed by atoms with Gasteiger partial charge in [-0.05, 0) is 6.08 Å². The molecule has 1 aliphatic rings. The average Bonchev–Trinajstić information content (AvgIpc) is 2.70. The third-order valence-corrected chi connectivity index (χ3v) is 3.03. The second-order valence-corrected chi connectivity index (χ2v) is 4.67. The predicted molar refractivity (Wildman–Crippen MR) is 48.9 cm³/mol. The van der Waals surface area contributed by atoms with Gasteiger partial charge in [0.25, 0.3) is 0 Å². The lowest BCUT2D eigenvalue weighted by molar-refractivity contribution is -0.308. The first kappa shape index (κ1) is 15.4. The summed E-state index contributed by atoms with van der Waals surface area (Å²) >= 11 is 10.0. The van der Waals surface area contributed by atoms with Crippen molar-refractivity contribution in [2.24, 2.45) is 17.3 Å². The van der Waals surface area contributed by atoms with E-state index in [4.69, 9.17) is 28.3 Å². The molecule has 1 N–H and O–H groups in total. The number of allylic oxidation sites excluding steroid dienone is 1. The van der Waals surface area contributed by atoms with Gasteiger partial charge in [-0.1, -0.05) is 23.2 Å². The maximum absolute atomic E-state index is 12.6. The second-order valence-electron chi connectivity index (χ2n) is 3.66. The number of halogens is 8. The van der Waals surface area contributed by atoms with E-state index >= 15 is 0 Å². The fourth-order valence-corrected chi connectivity index (χ4v) is 2.29. The number of carbonyl (C=O) groups is 1. The molecule has 18 heavy (non-hydrogen) atoms. The molecule has 1 rings (SSSR count). The smallest absolute Gasteiger partial charge is 0.404 e. The van der Waals surface area contributed by atoms with E-state index in [1.807, 2.05) is 0 Å². The molecule has 0 amide bonds. The molecule has 0 heterocycles. The summed E-state index contributed by atoms with van der Waals surface area (Å²) in [6.45, 7) is 0. The van der Waals surface area contributed by atoms with Crippen molar-refractivity contribution in [1.82, 2.24) is 0 Å². The molecule has 10 heteroatoms. The SMILES string of the molecule is O=C(O)C1C(C=C(Cl)Cl)C1(C(F)(F)F)C(F)(F)F. The van der Waals surface area contributed by atoms with Crippen LogP contribution in [0.25, 0.3) is 0 Å². The lowest BCUT2D eigenvalue weighted by atomic mass is 10.0. The normalized spacial score (nSPS) is 26.7. The van der Waals surface area contributed by atoms with Gasteiger partial charge in [-0.15, -0.1) is 0 Å². The van der Waals surface area contributed by atoms with Crippen LogP contribution in [0.2, 0.25) is 0 Å². The first-order valence-electron chi connectivity index (χ1n) is 4.26. The van der Waals surface area contributed by atoms with Crippen molar-refractivity contribution in [1.29, 1.82) is 0 Å². The van der Waals surface area contributed by atoms with Crippen molar-refractivity contribution in [3.8, 4) is 0 Å². The van der Waals surface area contributed by atoms with E-state index in [-0.39, 0.29) is 6.08 Å².